The number of imidazole rings is 1. The van der Waals surface area contributed by atoms with Crippen LogP contribution in [-0.2, 0) is 6.54 Å². The molecular formula is C20H17BrN2O2. The van der Waals surface area contributed by atoms with E-state index in [4.69, 9.17) is 5.11 Å². The van der Waals surface area contributed by atoms with Crippen LogP contribution in [0.15, 0.2) is 59.2 Å². The smallest absolute Gasteiger partial charge is 0.335 e. The molecule has 0 saturated carbocycles. The third-order valence-electron chi connectivity index (χ3n) is 3.87. The van der Waals surface area contributed by atoms with Crippen LogP contribution in [0.1, 0.15) is 28.7 Å². The van der Waals surface area contributed by atoms with E-state index in [1.807, 2.05) is 42.6 Å². The third-order valence-corrected chi connectivity index (χ3v) is 4.40. The number of carbonyl (C=O) groups is 1. The van der Waals surface area contributed by atoms with Gasteiger partial charge in [-0.3, -0.25) is 0 Å². The normalized spacial score (nSPS) is 11.1. The van der Waals surface area contributed by atoms with Crippen LogP contribution in [0.4, 0.5) is 0 Å². The van der Waals surface area contributed by atoms with Crippen molar-refractivity contribution in [3.63, 3.8) is 0 Å². The monoisotopic (exact) mass is 396 g/mol. The molecule has 0 amide bonds. The van der Waals surface area contributed by atoms with E-state index < -0.39 is 5.97 Å². The van der Waals surface area contributed by atoms with Gasteiger partial charge in [0, 0.05) is 22.8 Å². The van der Waals surface area contributed by atoms with Crippen molar-refractivity contribution in [3.8, 4) is 11.3 Å². The van der Waals surface area contributed by atoms with Crippen LogP contribution < -0.4 is 0 Å². The largest absolute Gasteiger partial charge is 0.478 e. The fourth-order valence-corrected chi connectivity index (χ4v) is 2.75. The zero-order valence-electron chi connectivity index (χ0n) is 13.7. The molecule has 4 nitrogen and oxygen atoms in total. The molecule has 0 spiro atoms. The Bertz CT molecular complexity index is 910. The maximum atomic E-state index is 11.0. The van der Waals surface area contributed by atoms with Gasteiger partial charge >= 0.3 is 5.97 Å². The fraction of sp³-hybridized carbons (Fsp3) is 0.100. The predicted molar refractivity (Wildman–Crippen MR) is 103 cm³/mol. The van der Waals surface area contributed by atoms with Gasteiger partial charge in [0.15, 0.2) is 0 Å². The minimum absolute atomic E-state index is 0.272. The standard InChI is InChI=1S/C20H17BrN2O2/c1-2-23-13-18(15-6-8-16(9-7-15)20(24)25)22-19(23)12-5-14-3-10-17(21)11-4-14/h3-13H,2H2,1H3,(H,24,25). The highest BCUT2D eigenvalue weighted by molar-refractivity contribution is 9.10. The molecule has 126 valence electrons. The highest BCUT2D eigenvalue weighted by atomic mass is 79.9. The lowest BCUT2D eigenvalue weighted by atomic mass is 10.1. The minimum Gasteiger partial charge on any atom is -0.478 e. The van der Waals surface area contributed by atoms with Gasteiger partial charge in [0.1, 0.15) is 5.82 Å². The summed E-state index contributed by atoms with van der Waals surface area (Å²) in [6.07, 6.45) is 6.00. The first kappa shape index (κ1) is 17.2. The molecule has 1 N–H and O–H groups in total. The summed E-state index contributed by atoms with van der Waals surface area (Å²) in [7, 11) is 0. The number of aromatic carboxylic acids is 1. The van der Waals surface area contributed by atoms with Crippen molar-refractivity contribution in [3.05, 3.63) is 76.2 Å². The van der Waals surface area contributed by atoms with Crippen molar-refractivity contribution < 1.29 is 9.90 Å². The van der Waals surface area contributed by atoms with Gasteiger partial charge in [-0.2, -0.15) is 0 Å². The second kappa shape index (κ2) is 7.49. The number of benzene rings is 2. The SMILES string of the molecule is CCn1cc(-c2ccc(C(=O)O)cc2)nc1C=Cc1ccc(Br)cc1. The molecule has 5 heteroatoms. The molecule has 0 aliphatic rings. The van der Waals surface area contributed by atoms with E-state index in [0.717, 1.165) is 33.7 Å². The molecule has 0 radical (unpaired) electrons. The van der Waals surface area contributed by atoms with E-state index in [2.05, 4.69) is 32.4 Å². The Hall–Kier alpha value is -2.66. The van der Waals surface area contributed by atoms with Crippen LogP contribution in [0.5, 0.6) is 0 Å². The van der Waals surface area contributed by atoms with Crippen LogP contribution in [-0.4, -0.2) is 20.6 Å². The molecule has 0 saturated heterocycles. The molecule has 0 fully saturated rings. The summed E-state index contributed by atoms with van der Waals surface area (Å²) in [5, 5.41) is 9.00. The molecule has 25 heavy (non-hydrogen) atoms. The first-order valence-electron chi connectivity index (χ1n) is 7.91. The van der Waals surface area contributed by atoms with Crippen molar-refractivity contribution in [2.75, 3.05) is 0 Å². The number of rotatable bonds is 5. The zero-order valence-corrected chi connectivity index (χ0v) is 15.3. The van der Waals surface area contributed by atoms with E-state index >= 15 is 0 Å². The molecule has 0 aliphatic heterocycles. The Balaban J connectivity index is 1.88. The first-order valence-corrected chi connectivity index (χ1v) is 8.70. The van der Waals surface area contributed by atoms with Gasteiger partial charge in [0.2, 0.25) is 0 Å². The second-order valence-corrected chi connectivity index (χ2v) is 6.45. The van der Waals surface area contributed by atoms with Crippen molar-refractivity contribution in [1.82, 2.24) is 9.55 Å². The molecule has 0 unspecified atom stereocenters. The molecule has 0 bridgehead atoms. The van der Waals surface area contributed by atoms with Crippen LogP contribution in [0.3, 0.4) is 0 Å². The molecule has 0 atom stereocenters. The molecule has 2 aromatic carbocycles. The summed E-state index contributed by atoms with van der Waals surface area (Å²) in [6, 6.07) is 14.8. The Morgan fingerprint density at radius 3 is 2.40 bits per heavy atom. The van der Waals surface area contributed by atoms with Gasteiger partial charge in [-0.05, 0) is 42.8 Å². The van der Waals surface area contributed by atoms with E-state index in [-0.39, 0.29) is 5.56 Å². The Morgan fingerprint density at radius 1 is 1.12 bits per heavy atom. The Morgan fingerprint density at radius 2 is 1.80 bits per heavy atom. The number of carboxylic acids is 1. The number of carboxylic acid groups (broad SMARTS) is 1. The molecular weight excluding hydrogens is 380 g/mol. The molecule has 1 aromatic heterocycles. The number of hydrogen-bond donors (Lipinski definition) is 1. The molecule has 0 aliphatic carbocycles. The van der Waals surface area contributed by atoms with E-state index in [1.54, 1.807) is 24.3 Å². The number of aryl methyl sites for hydroxylation is 1. The van der Waals surface area contributed by atoms with Gasteiger partial charge in [-0.25, -0.2) is 9.78 Å². The van der Waals surface area contributed by atoms with Crippen LogP contribution >= 0.6 is 15.9 Å². The van der Waals surface area contributed by atoms with E-state index in [1.165, 1.54) is 0 Å². The van der Waals surface area contributed by atoms with Gasteiger partial charge in [-0.1, -0.05) is 46.3 Å². The second-order valence-electron chi connectivity index (χ2n) is 5.54. The Kier molecular flexibility index (Phi) is 5.14. The number of halogens is 1. The minimum atomic E-state index is -0.927. The summed E-state index contributed by atoms with van der Waals surface area (Å²) >= 11 is 3.43. The van der Waals surface area contributed by atoms with Crippen LogP contribution in [0, 0.1) is 0 Å². The average Bonchev–Trinajstić information content (AvgIpc) is 3.04. The topological polar surface area (TPSA) is 55.1 Å². The van der Waals surface area contributed by atoms with Crippen molar-refractivity contribution in [2.45, 2.75) is 13.5 Å². The van der Waals surface area contributed by atoms with Crippen molar-refractivity contribution >= 4 is 34.1 Å². The maximum absolute atomic E-state index is 11.0. The summed E-state index contributed by atoms with van der Waals surface area (Å²) in [5.74, 6) is -0.0634. The molecule has 1 heterocycles. The summed E-state index contributed by atoms with van der Waals surface area (Å²) in [5.41, 5.74) is 3.10. The lowest BCUT2D eigenvalue weighted by Crippen LogP contribution is -1.95. The van der Waals surface area contributed by atoms with Gasteiger partial charge in [0.05, 0.1) is 11.3 Å². The zero-order chi connectivity index (χ0) is 17.8. The highest BCUT2D eigenvalue weighted by Gasteiger charge is 2.08. The van der Waals surface area contributed by atoms with Gasteiger partial charge in [0.25, 0.3) is 0 Å². The molecule has 3 aromatic rings. The number of nitrogens with zero attached hydrogens (tertiary/aromatic N) is 2. The number of hydrogen-bond acceptors (Lipinski definition) is 2. The van der Waals surface area contributed by atoms with E-state index in [9.17, 15) is 4.79 Å². The fourth-order valence-electron chi connectivity index (χ4n) is 2.48. The maximum Gasteiger partial charge on any atom is 0.335 e. The van der Waals surface area contributed by atoms with Gasteiger partial charge in [-0.15, -0.1) is 0 Å². The third kappa shape index (κ3) is 4.06. The van der Waals surface area contributed by atoms with Crippen molar-refractivity contribution in [2.24, 2.45) is 0 Å². The summed E-state index contributed by atoms with van der Waals surface area (Å²) in [4.78, 5) is 15.6. The predicted octanol–water partition coefficient (Wildman–Crippen LogP) is 5.20. The lowest BCUT2D eigenvalue weighted by Gasteiger charge is -1.99. The highest BCUT2D eigenvalue weighted by Crippen LogP contribution is 2.21. The quantitative estimate of drug-likeness (QED) is 0.644. The van der Waals surface area contributed by atoms with Crippen LogP contribution in [0.2, 0.25) is 0 Å². The van der Waals surface area contributed by atoms with Crippen molar-refractivity contribution in [1.29, 1.82) is 0 Å². The summed E-state index contributed by atoms with van der Waals surface area (Å²) in [6.45, 7) is 2.87. The Labute approximate surface area is 154 Å². The first-order chi connectivity index (χ1) is 12.1. The van der Waals surface area contributed by atoms with Crippen LogP contribution in [0.25, 0.3) is 23.4 Å². The summed E-state index contributed by atoms with van der Waals surface area (Å²) < 4.78 is 3.11. The van der Waals surface area contributed by atoms with Gasteiger partial charge < -0.3 is 9.67 Å². The van der Waals surface area contributed by atoms with E-state index in [0.29, 0.717) is 0 Å². The lowest BCUT2D eigenvalue weighted by molar-refractivity contribution is 0.0697. The average molecular weight is 397 g/mol. The number of aromatic nitrogens is 2. The molecule has 3 rings (SSSR count).